The largest absolute Gasteiger partial charge is 0.489 e. The molecule has 3 heterocycles. The summed E-state index contributed by atoms with van der Waals surface area (Å²) in [5, 5.41) is 4.02. The van der Waals surface area contributed by atoms with Gasteiger partial charge in [-0.25, -0.2) is 4.98 Å². The van der Waals surface area contributed by atoms with Crippen molar-refractivity contribution in [1.29, 1.82) is 0 Å². The maximum Gasteiger partial charge on any atom is 0.290 e. The number of thiazole rings is 1. The molecule has 0 saturated carbocycles. The Balaban J connectivity index is 1.43. The number of benzene rings is 2. The number of ether oxygens (including phenoxy) is 1. The van der Waals surface area contributed by atoms with Gasteiger partial charge in [-0.15, -0.1) is 11.3 Å². The highest BCUT2D eigenvalue weighted by Gasteiger charge is 2.31. The van der Waals surface area contributed by atoms with Crippen LogP contribution in [0.2, 0.25) is 0 Å². The lowest BCUT2D eigenvalue weighted by Gasteiger charge is -2.31. The minimum atomic E-state index is -0.0703. The molecule has 1 fully saturated rings. The van der Waals surface area contributed by atoms with Gasteiger partial charge in [0, 0.05) is 41.5 Å². The predicted octanol–water partition coefficient (Wildman–Crippen LogP) is 5.49. The van der Waals surface area contributed by atoms with Gasteiger partial charge >= 0.3 is 0 Å². The first-order chi connectivity index (χ1) is 14.8. The topological polar surface area (TPSA) is 55.6 Å². The molecule has 0 radical (unpaired) electrons. The van der Waals surface area contributed by atoms with Gasteiger partial charge in [0.1, 0.15) is 17.9 Å². The van der Waals surface area contributed by atoms with E-state index in [-0.39, 0.29) is 18.4 Å². The van der Waals surface area contributed by atoms with E-state index in [1.807, 2.05) is 71.1 Å². The minimum absolute atomic E-state index is 0.0703. The molecule has 1 amide bonds. The summed E-state index contributed by atoms with van der Waals surface area (Å²) in [6, 6.07) is 17.4. The molecule has 0 spiro atoms. The smallest absolute Gasteiger partial charge is 0.290 e. The van der Waals surface area contributed by atoms with Crippen molar-refractivity contribution in [1.82, 2.24) is 9.88 Å². The van der Waals surface area contributed by atoms with Crippen LogP contribution in [0.25, 0.3) is 11.0 Å². The van der Waals surface area contributed by atoms with Crippen LogP contribution in [0.4, 0.5) is 0 Å². The second kappa shape index (κ2) is 8.32. The van der Waals surface area contributed by atoms with Crippen molar-refractivity contribution in [2.24, 2.45) is 0 Å². The number of nitrogens with zero attached hydrogens (tertiary/aromatic N) is 2. The van der Waals surface area contributed by atoms with Crippen LogP contribution in [0.1, 0.15) is 39.9 Å². The molecule has 1 atom stereocenters. The van der Waals surface area contributed by atoms with Gasteiger partial charge in [-0.3, -0.25) is 4.79 Å². The second-order valence-electron chi connectivity index (χ2n) is 7.47. The average molecular weight is 419 g/mol. The predicted molar refractivity (Wildman–Crippen MR) is 117 cm³/mol. The number of hydrogen-bond donors (Lipinski definition) is 0. The number of carbonyl (C=O) groups is 1. The van der Waals surface area contributed by atoms with E-state index in [0.29, 0.717) is 17.9 Å². The fraction of sp³-hybridized carbons (Fsp3) is 0.250. The van der Waals surface area contributed by atoms with E-state index in [1.165, 1.54) is 0 Å². The summed E-state index contributed by atoms with van der Waals surface area (Å²) >= 11 is 1.66. The van der Waals surface area contributed by atoms with Crippen molar-refractivity contribution in [3.05, 3.63) is 82.5 Å². The van der Waals surface area contributed by atoms with Crippen molar-refractivity contribution in [3.63, 3.8) is 0 Å². The quantitative estimate of drug-likeness (QED) is 0.430. The Hall–Kier alpha value is -3.12. The first-order valence-corrected chi connectivity index (χ1v) is 11.0. The third-order valence-corrected chi connectivity index (χ3v) is 6.47. The zero-order valence-electron chi connectivity index (χ0n) is 16.5. The summed E-state index contributed by atoms with van der Waals surface area (Å²) in [5.74, 6) is 1.37. The van der Waals surface area contributed by atoms with E-state index in [4.69, 9.17) is 9.15 Å². The fourth-order valence-corrected chi connectivity index (χ4v) is 4.80. The normalized spacial score (nSPS) is 16.7. The van der Waals surface area contributed by atoms with Gasteiger partial charge in [0.2, 0.25) is 0 Å². The first-order valence-electron chi connectivity index (χ1n) is 10.2. The minimum Gasteiger partial charge on any atom is -0.489 e. The molecule has 1 saturated heterocycles. The van der Waals surface area contributed by atoms with Crippen molar-refractivity contribution in [2.45, 2.75) is 25.4 Å². The Labute approximate surface area is 178 Å². The summed E-state index contributed by atoms with van der Waals surface area (Å²) in [4.78, 5) is 19.8. The molecule has 0 aliphatic carbocycles. The van der Waals surface area contributed by atoms with E-state index in [1.54, 1.807) is 11.3 Å². The van der Waals surface area contributed by atoms with E-state index in [9.17, 15) is 4.79 Å². The van der Waals surface area contributed by atoms with Crippen molar-refractivity contribution in [2.75, 3.05) is 13.1 Å². The fourth-order valence-electron chi connectivity index (χ4n) is 4.03. The summed E-state index contributed by atoms with van der Waals surface area (Å²) in [6.07, 6.45) is 3.85. The summed E-state index contributed by atoms with van der Waals surface area (Å²) in [6.45, 7) is 1.69. The number of amides is 1. The highest BCUT2D eigenvalue weighted by molar-refractivity contribution is 7.09. The van der Waals surface area contributed by atoms with Crippen LogP contribution in [0, 0.1) is 0 Å². The molecule has 2 aromatic carbocycles. The van der Waals surface area contributed by atoms with Gasteiger partial charge in [0.15, 0.2) is 5.76 Å². The maximum absolute atomic E-state index is 13.5. The lowest BCUT2D eigenvalue weighted by molar-refractivity contribution is 0.0673. The number of likely N-dealkylation sites (tertiary alicyclic amines) is 1. The van der Waals surface area contributed by atoms with Crippen molar-refractivity contribution >= 4 is 28.2 Å². The molecule has 0 N–H and O–H groups in total. The van der Waals surface area contributed by atoms with E-state index >= 15 is 0 Å². The van der Waals surface area contributed by atoms with Crippen LogP contribution in [-0.2, 0) is 6.61 Å². The highest BCUT2D eigenvalue weighted by atomic mass is 32.1. The van der Waals surface area contributed by atoms with Crippen LogP contribution in [0.3, 0.4) is 0 Å². The highest BCUT2D eigenvalue weighted by Crippen LogP contribution is 2.32. The zero-order chi connectivity index (χ0) is 20.3. The summed E-state index contributed by atoms with van der Waals surface area (Å²) < 4.78 is 12.0. The van der Waals surface area contributed by atoms with Gasteiger partial charge < -0.3 is 14.1 Å². The monoisotopic (exact) mass is 418 g/mol. The Morgan fingerprint density at radius 3 is 2.83 bits per heavy atom. The number of para-hydroxylation sites is 2. The molecule has 4 aromatic rings. The lowest BCUT2D eigenvalue weighted by atomic mass is 9.98. The molecule has 1 aliphatic heterocycles. The number of fused-ring (bicyclic) bond motifs is 1. The van der Waals surface area contributed by atoms with Crippen LogP contribution < -0.4 is 4.74 Å². The molecule has 1 unspecified atom stereocenters. The van der Waals surface area contributed by atoms with Crippen LogP contribution in [0.5, 0.6) is 5.75 Å². The third-order valence-electron chi connectivity index (χ3n) is 5.53. The molecule has 152 valence electrons. The van der Waals surface area contributed by atoms with Crippen LogP contribution in [0.15, 0.2) is 70.6 Å². The molecule has 0 bridgehead atoms. The Morgan fingerprint density at radius 1 is 1.17 bits per heavy atom. The molecule has 2 aromatic heterocycles. The number of aromatic nitrogens is 1. The lowest BCUT2D eigenvalue weighted by Crippen LogP contribution is -2.39. The van der Waals surface area contributed by atoms with E-state index in [2.05, 4.69) is 4.98 Å². The Morgan fingerprint density at radius 2 is 2.00 bits per heavy atom. The van der Waals surface area contributed by atoms with Crippen molar-refractivity contribution < 1.29 is 13.9 Å². The van der Waals surface area contributed by atoms with Gasteiger partial charge in [-0.1, -0.05) is 36.4 Å². The summed E-state index contributed by atoms with van der Waals surface area (Å²) in [7, 11) is 0. The van der Waals surface area contributed by atoms with Gasteiger partial charge in [-0.05, 0) is 31.0 Å². The molecule has 6 heteroatoms. The number of piperidine rings is 1. The van der Waals surface area contributed by atoms with Crippen LogP contribution >= 0.6 is 11.3 Å². The number of rotatable bonds is 5. The molecule has 30 heavy (non-hydrogen) atoms. The van der Waals surface area contributed by atoms with Crippen LogP contribution in [-0.4, -0.2) is 28.9 Å². The standard InChI is InChI=1S/C24H22N2O3S/c27-24(26-13-6-7-17(15-26)23-25-12-14-30-23)22-20(16-28-18-8-2-1-3-9-18)19-10-4-5-11-21(19)29-22/h1-5,8-12,14,17H,6-7,13,15-16H2. The Bertz CT molecular complexity index is 1140. The Kier molecular flexibility index (Phi) is 5.24. The number of hydrogen-bond acceptors (Lipinski definition) is 5. The maximum atomic E-state index is 13.5. The van der Waals surface area contributed by atoms with Gasteiger partial charge in [0.25, 0.3) is 5.91 Å². The number of carbonyl (C=O) groups excluding carboxylic acids is 1. The number of furan rings is 1. The van der Waals surface area contributed by atoms with Crippen molar-refractivity contribution in [3.8, 4) is 5.75 Å². The summed E-state index contributed by atoms with van der Waals surface area (Å²) in [5.41, 5.74) is 1.51. The van der Waals surface area contributed by atoms with E-state index < -0.39 is 0 Å². The molecule has 5 nitrogen and oxygen atoms in total. The molecule has 1 aliphatic rings. The van der Waals surface area contributed by atoms with Gasteiger partial charge in [0.05, 0.1) is 5.01 Å². The second-order valence-corrected chi connectivity index (χ2v) is 8.39. The molecular formula is C24H22N2O3S. The third kappa shape index (κ3) is 3.71. The zero-order valence-corrected chi connectivity index (χ0v) is 17.3. The van der Waals surface area contributed by atoms with Gasteiger partial charge in [-0.2, -0.15) is 0 Å². The average Bonchev–Trinajstić information content (AvgIpc) is 3.46. The first kappa shape index (κ1) is 18.9. The SMILES string of the molecule is O=C(c1oc2ccccc2c1COc1ccccc1)N1CCCC(c2nccs2)C1. The molecule has 5 rings (SSSR count). The van der Waals surface area contributed by atoms with E-state index in [0.717, 1.165) is 41.1 Å². The molecular weight excluding hydrogens is 396 g/mol.